The highest BCUT2D eigenvalue weighted by atomic mass is 32.2. The minimum absolute atomic E-state index is 0.0736. The molecular formula is C17H19FN2O4S. The Labute approximate surface area is 146 Å². The predicted octanol–water partition coefficient (Wildman–Crippen LogP) is 2.40. The molecule has 25 heavy (non-hydrogen) atoms. The Morgan fingerprint density at radius 2 is 1.92 bits per heavy atom. The van der Waals surface area contributed by atoms with Crippen LogP contribution in [0.15, 0.2) is 47.4 Å². The molecule has 134 valence electrons. The number of rotatable bonds is 6. The molecule has 0 saturated carbocycles. The van der Waals surface area contributed by atoms with Gasteiger partial charge in [-0.05, 0) is 36.8 Å². The van der Waals surface area contributed by atoms with Crippen molar-refractivity contribution in [1.29, 1.82) is 0 Å². The summed E-state index contributed by atoms with van der Waals surface area (Å²) in [6.07, 6.45) is 0. The van der Waals surface area contributed by atoms with Crippen molar-refractivity contribution < 1.29 is 22.3 Å². The number of halogens is 1. The van der Waals surface area contributed by atoms with E-state index in [-0.39, 0.29) is 17.3 Å². The van der Waals surface area contributed by atoms with Crippen LogP contribution in [0.3, 0.4) is 0 Å². The lowest BCUT2D eigenvalue weighted by Crippen LogP contribution is -2.23. The second-order valence-electron chi connectivity index (χ2n) is 5.56. The second kappa shape index (κ2) is 7.62. The SMILES string of the molecule is Cc1ccc(S(=O)(=O)N(C)C)cc1NC(=O)COc1cccc(F)c1. The van der Waals surface area contributed by atoms with Gasteiger partial charge in [-0.25, -0.2) is 17.1 Å². The van der Waals surface area contributed by atoms with E-state index in [0.717, 1.165) is 4.31 Å². The van der Waals surface area contributed by atoms with Gasteiger partial charge in [-0.1, -0.05) is 12.1 Å². The molecule has 0 spiro atoms. The first kappa shape index (κ1) is 18.9. The minimum atomic E-state index is -3.60. The van der Waals surface area contributed by atoms with Gasteiger partial charge in [-0.15, -0.1) is 0 Å². The Morgan fingerprint density at radius 3 is 2.56 bits per heavy atom. The van der Waals surface area contributed by atoms with E-state index in [0.29, 0.717) is 11.3 Å². The molecule has 6 nitrogen and oxygen atoms in total. The number of hydrogen-bond acceptors (Lipinski definition) is 4. The van der Waals surface area contributed by atoms with E-state index < -0.39 is 21.7 Å². The zero-order valence-corrected chi connectivity index (χ0v) is 14.9. The monoisotopic (exact) mass is 366 g/mol. The average Bonchev–Trinajstić information content (AvgIpc) is 2.55. The summed E-state index contributed by atoms with van der Waals surface area (Å²) in [5.41, 5.74) is 1.08. The number of benzene rings is 2. The number of nitrogens with zero attached hydrogens (tertiary/aromatic N) is 1. The summed E-state index contributed by atoms with van der Waals surface area (Å²) in [5.74, 6) is -0.710. The van der Waals surface area contributed by atoms with E-state index >= 15 is 0 Å². The van der Waals surface area contributed by atoms with Crippen molar-refractivity contribution in [3.63, 3.8) is 0 Å². The van der Waals surface area contributed by atoms with Crippen LogP contribution in [0.1, 0.15) is 5.56 Å². The van der Waals surface area contributed by atoms with Crippen molar-refractivity contribution in [2.75, 3.05) is 26.0 Å². The molecule has 0 saturated heterocycles. The van der Waals surface area contributed by atoms with E-state index in [9.17, 15) is 17.6 Å². The maximum absolute atomic E-state index is 13.1. The summed E-state index contributed by atoms with van der Waals surface area (Å²) in [4.78, 5) is 12.1. The largest absolute Gasteiger partial charge is 0.484 e. The van der Waals surface area contributed by atoms with Crippen LogP contribution < -0.4 is 10.1 Å². The fourth-order valence-corrected chi connectivity index (χ4v) is 2.93. The van der Waals surface area contributed by atoms with Crippen molar-refractivity contribution in [2.45, 2.75) is 11.8 Å². The first-order valence-electron chi connectivity index (χ1n) is 7.41. The third-order valence-corrected chi connectivity index (χ3v) is 5.24. The highest BCUT2D eigenvalue weighted by Crippen LogP contribution is 2.22. The zero-order valence-electron chi connectivity index (χ0n) is 14.1. The first-order chi connectivity index (χ1) is 11.7. The van der Waals surface area contributed by atoms with Crippen LogP contribution in [0.4, 0.5) is 10.1 Å². The number of aryl methyl sites for hydroxylation is 1. The summed E-state index contributed by atoms with van der Waals surface area (Å²) >= 11 is 0. The van der Waals surface area contributed by atoms with Crippen LogP contribution >= 0.6 is 0 Å². The van der Waals surface area contributed by atoms with Gasteiger partial charge in [-0.3, -0.25) is 4.79 Å². The van der Waals surface area contributed by atoms with Crippen molar-refractivity contribution in [3.8, 4) is 5.75 Å². The molecular weight excluding hydrogens is 347 g/mol. The number of ether oxygens (including phenoxy) is 1. The lowest BCUT2D eigenvalue weighted by molar-refractivity contribution is -0.118. The number of nitrogens with one attached hydrogen (secondary N) is 1. The van der Waals surface area contributed by atoms with E-state index in [1.165, 1.54) is 50.5 Å². The van der Waals surface area contributed by atoms with Crippen LogP contribution in [0.5, 0.6) is 5.75 Å². The van der Waals surface area contributed by atoms with Gasteiger partial charge < -0.3 is 10.1 Å². The minimum Gasteiger partial charge on any atom is -0.484 e. The number of carbonyl (C=O) groups is 1. The molecule has 0 bridgehead atoms. The standard InChI is InChI=1S/C17H19FN2O4S/c1-12-7-8-15(25(22,23)20(2)3)10-16(12)19-17(21)11-24-14-6-4-5-13(18)9-14/h4-10H,11H2,1-3H3,(H,19,21). The summed E-state index contributed by atoms with van der Waals surface area (Å²) in [5, 5.41) is 2.61. The molecule has 8 heteroatoms. The molecule has 2 aromatic carbocycles. The van der Waals surface area contributed by atoms with Crippen molar-refractivity contribution >= 4 is 21.6 Å². The number of anilines is 1. The van der Waals surface area contributed by atoms with Gasteiger partial charge in [0.05, 0.1) is 4.90 Å². The van der Waals surface area contributed by atoms with E-state index in [1.54, 1.807) is 13.0 Å². The van der Waals surface area contributed by atoms with Gasteiger partial charge in [0.2, 0.25) is 10.0 Å². The Hall–Kier alpha value is -2.45. The maximum atomic E-state index is 13.1. The molecule has 0 heterocycles. The number of amides is 1. The first-order valence-corrected chi connectivity index (χ1v) is 8.85. The fraction of sp³-hybridized carbons (Fsp3) is 0.235. The van der Waals surface area contributed by atoms with Crippen molar-refractivity contribution in [2.24, 2.45) is 0 Å². The van der Waals surface area contributed by atoms with Gasteiger partial charge in [0, 0.05) is 25.8 Å². The summed E-state index contributed by atoms with van der Waals surface area (Å²) in [6.45, 7) is 1.42. The van der Waals surface area contributed by atoms with Crippen LogP contribution in [-0.4, -0.2) is 39.3 Å². The smallest absolute Gasteiger partial charge is 0.262 e. The van der Waals surface area contributed by atoms with Gasteiger partial charge in [0.15, 0.2) is 6.61 Å². The van der Waals surface area contributed by atoms with Crippen molar-refractivity contribution in [1.82, 2.24) is 4.31 Å². The van der Waals surface area contributed by atoms with E-state index in [2.05, 4.69) is 5.32 Å². The number of carbonyl (C=O) groups excluding carboxylic acids is 1. The molecule has 2 rings (SSSR count). The van der Waals surface area contributed by atoms with Gasteiger partial charge >= 0.3 is 0 Å². The number of sulfonamides is 1. The predicted molar refractivity (Wildman–Crippen MR) is 92.6 cm³/mol. The Kier molecular flexibility index (Phi) is 5.76. The van der Waals surface area contributed by atoms with Gasteiger partial charge in [0.1, 0.15) is 11.6 Å². The molecule has 2 aromatic rings. The Bertz CT molecular complexity index is 882. The third kappa shape index (κ3) is 4.77. The van der Waals surface area contributed by atoms with Crippen LogP contribution in [-0.2, 0) is 14.8 Å². The number of hydrogen-bond donors (Lipinski definition) is 1. The Morgan fingerprint density at radius 1 is 1.20 bits per heavy atom. The molecule has 0 aliphatic carbocycles. The molecule has 0 aliphatic heterocycles. The molecule has 0 aromatic heterocycles. The fourth-order valence-electron chi connectivity index (χ4n) is 2.00. The molecule has 1 amide bonds. The highest BCUT2D eigenvalue weighted by Gasteiger charge is 2.18. The van der Waals surface area contributed by atoms with E-state index in [4.69, 9.17) is 4.74 Å². The normalized spacial score (nSPS) is 11.4. The van der Waals surface area contributed by atoms with Crippen LogP contribution in [0.2, 0.25) is 0 Å². The van der Waals surface area contributed by atoms with Crippen LogP contribution in [0.25, 0.3) is 0 Å². The van der Waals surface area contributed by atoms with Crippen LogP contribution in [0, 0.1) is 12.7 Å². The summed E-state index contributed by atoms with van der Waals surface area (Å²) < 4.78 is 43.7. The van der Waals surface area contributed by atoms with Gasteiger partial charge in [0.25, 0.3) is 5.91 Å². The molecule has 0 aliphatic rings. The molecule has 1 N–H and O–H groups in total. The lowest BCUT2D eigenvalue weighted by atomic mass is 10.2. The molecule has 0 radical (unpaired) electrons. The maximum Gasteiger partial charge on any atom is 0.262 e. The quantitative estimate of drug-likeness (QED) is 0.852. The molecule has 0 atom stereocenters. The third-order valence-electron chi connectivity index (χ3n) is 3.43. The summed E-state index contributed by atoms with van der Waals surface area (Å²) in [6, 6.07) is 9.93. The summed E-state index contributed by atoms with van der Waals surface area (Å²) in [7, 11) is -0.741. The topological polar surface area (TPSA) is 75.7 Å². The van der Waals surface area contributed by atoms with Gasteiger partial charge in [-0.2, -0.15) is 0 Å². The molecule has 0 fully saturated rings. The highest BCUT2D eigenvalue weighted by molar-refractivity contribution is 7.89. The molecule has 0 unspecified atom stereocenters. The van der Waals surface area contributed by atoms with Crippen molar-refractivity contribution in [3.05, 3.63) is 53.8 Å². The Balaban J connectivity index is 2.10. The van der Waals surface area contributed by atoms with E-state index in [1.807, 2.05) is 0 Å². The average molecular weight is 366 g/mol. The lowest BCUT2D eigenvalue weighted by Gasteiger charge is -2.14. The second-order valence-corrected chi connectivity index (χ2v) is 7.71. The zero-order chi connectivity index (χ0) is 18.6.